The monoisotopic (exact) mass is 361 g/mol. The second kappa shape index (κ2) is 5.26. The van der Waals surface area contributed by atoms with Gasteiger partial charge in [-0.05, 0) is 35.9 Å². The molecule has 0 aliphatic rings. The molecular weight excluding hydrogens is 349 g/mol. The Labute approximate surface area is 117 Å². The van der Waals surface area contributed by atoms with Gasteiger partial charge in [-0.2, -0.15) is 0 Å². The molecule has 0 aliphatic carbocycles. The zero-order valence-corrected chi connectivity index (χ0v) is 12.6. The highest BCUT2D eigenvalue weighted by atomic mass is 127. The van der Waals surface area contributed by atoms with Crippen LogP contribution < -0.4 is 5.56 Å². The van der Waals surface area contributed by atoms with E-state index >= 15 is 0 Å². The predicted molar refractivity (Wildman–Crippen MR) is 77.4 cm³/mol. The maximum atomic E-state index is 11.8. The fourth-order valence-electron chi connectivity index (χ4n) is 1.47. The summed E-state index contributed by atoms with van der Waals surface area (Å²) in [7, 11) is 0. The van der Waals surface area contributed by atoms with E-state index in [9.17, 15) is 4.79 Å². The van der Waals surface area contributed by atoms with Crippen LogP contribution in [-0.4, -0.2) is 15.0 Å². The van der Waals surface area contributed by atoms with E-state index in [1.807, 2.05) is 34.9 Å². The average molecular weight is 361 g/mol. The average Bonchev–Trinajstić information content (AvgIpc) is 2.71. The molecule has 0 atom stereocenters. The first-order chi connectivity index (χ1) is 8.11. The van der Waals surface area contributed by atoms with E-state index in [0.717, 1.165) is 29.2 Å². The summed E-state index contributed by atoms with van der Waals surface area (Å²) in [4.78, 5) is 23.4. The minimum absolute atomic E-state index is 0.0769. The predicted octanol–water partition coefficient (Wildman–Crippen LogP) is 2.76. The lowest BCUT2D eigenvalue weighted by atomic mass is 10.2. The Morgan fingerprint density at radius 3 is 2.82 bits per heavy atom. The molecule has 0 aromatic carbocycles. The molecule has 0 radical (unpaired) electrons. The van der Waals surface area contributed by atoms with E-state index in [2.05, 4.69) is 21.9 Å². The summed E-state index contributed by atoms with van der Waals surface area (Å²) in [5, 5.41) is 2.72. The van der Waals surface area contributed by atoms with Gasteiger partial charge >= 0.3 is 0 Å². The van der Waals surface area contributed by atoms with Gasteiger partial charge in [-0.25, -0.2) is 9.97 Å². The minimum atomic E-state index is -0.0769. The lowest BCUT2D eigenvalue weighted by Gasteiger charge is -2.03. The van der Waals surface area contributed by atoms with Gasteiger partial charge in [0.25, 0.3) is 5.56 Å². The largest absolute Gasteiger partial charge is 0.304 e. The van der Waals surface area contributed by atoms with Crippen molar-refractivity contribution in [1.29, 1.82) is 0 Å². The van der Waals surface area contributed by atoms with E-state index in [-0.39, 0.29) is 5.56 Å². The number of halogens is 1. The van der Waals surface area contributed by atoms with Crippen LogP contribution in [0.3, 0.4) is 0 Å². The summed E-state index contributed by atoms with van der Waals surface area (Å²) in [6.45, 7) is 4.00. The van der Waals surface area contributed by atoms with Crippen molar-refractivity contribution in [2.75, 3.05) is 0 Å². The van der Waals surface area contributed by atoms with Crippen molar-refractivity contribution in [2.24, 2.45) is 0 Å². The molecule has 90 valence electrons. The molecule has 0 aliphatic heterocycles. The summed E-state index contributed by atoms with van der Waals surface area (Å²) < 4.78 is 0.682. The first-order valence-electron chi connectivity index (χ1n) is 5.33. The second-order valence-corrected chi connectivity index (χ2v) is 5.66. The third-order valence-corrected chi connectivity index (χ3v) is 4.32. The zero-order valence-electron chi connectivity index (χ0n) is 9.58. The van der Waals surface area contributed by atoms with E-state index < -0.39 is 0 Å². The summed E-state index contributed by atoms with van der Waals surface area (Å²) in [6, 6.07) is 0. The number of aryl methyl sites for hydroxylation is 2. The summed E-state index contributed by atoms with van der Waals surface area (Å²) >= 11 is 3.54. The molecule has 2 aromatic heterocycles. The molecule has 0 amide bonds. The Kier molecular flexibility index (Phi) is 3.93. The Bertz CT molecular complexity index is 591. The molecule has 0 fully saturated rings. The van der Waals surface area contributed by atoms with Crippen molar-refractivity contribution in [3.8, 4) is 10.8 Å². The van der Waals surface area contributed by atoms with Crippen LogP contribution in [0.15, 0.2) is 10.2 Å². The van der Waals surface area contributed by atoms with E-state index in [4.69, 9.17) is 0 Å². The van der Waals surface area contributed by atoms with E-state index in [1.165, 1.54) is 11.3 Å². The maximum Gasteiger partial charge on any atom is 0.264 e. The fraction of sp³-hybridized carbons (Fsp3) is 0.364. The summed E-state index contributed by atoms with van der Waals surface area (Å²) in [6.07, 6.45) is 1.79. The highest BCUT2D eigenvalue weighted by Gasteiger charge is 2.11. The van der Waals surface area contributed by atoms with Crippen molar-refractivity contribution in [3.05, 3.63) is 30.7 Å². The molecule has 2 aromatic rings. The molecule has 0 saturated heterocycles. The van der Waals surface area contributed by atoms with Crippen LogP contribution in [0.2, 0.25) is 0 Å². The van der Waals surface area contributed by atoms with Gasteiger partial charge in [0.05, 0.1) is 9.26 Å². The molecule has 0 saturated carbocycles. The number of nitrogens with zero attached hydrogens (tertiary/aromatic N) is 2. The number of aromatic nitrogens is 3. The van der Waals surface area contributed by atoms with Crippen LogP contribution in [0.25, 0.3) is 10.8 Å². The molecule has 2 rings (SSSR count). The SMILES string of the molecule is CCCc1nc(-c2nc(C)cs2)[nH]c(=O)c1I. The van der Waals surface area contributed by atoms with Crippen molar-refractivity contribution in [2.45, 2.75) is 26.7 Å². The Balaban J connectivity index is 2.52. The normalized spacial score (nSPS) is 10.8. The first-order valence-corrected chi connectivity index (χ1v) is 7.29. The van der Waals surface area contributed by atoms with Gasteiger partial charge in [0.1, 0.15) is 0 Å². The van der Waals surface area contributed by atoms with Crippen LogP contribution in [0, 0.1) is 10.5 Å². The third-order valence-electron chi connectivity index (χ3n) is 2.24. The molecule has 0 bridgehead atoms. The van der Waals surface area contributed by atoms with Crippen molar-refractivity contribution >= 4 is 33.9 Å². The van der Waals surface area contributed by atoms with Crippen LogP contribution >= 0.6 is 33.9 Å². The van der Waals surface area contributed by atoms with Gasteiger partial charge in [0.15, 0.2) is 10.8 Å². The summed E-state index contributed by atoms with van der Waals surface area (Å²) in [5.41, 5.74) is 1.73. The number of hydrogen-bond donors (Lipinski definition) is 1. The van der Waals surface area contributed by atoms with Gasteiger partial charge < -0.3 is 4.98 Å². The molecule has 0 spiro atoms. The standard InChI is InChI=1S/C11H12IN3OS/c1-3-4-7-8(12)10(16)15-9(14-7)11-13-6(2)5-17-11/h5H,3-4H2,1-2H3,(H,14,15,16). The lowest BCUT2D eigenvalue weighted by Crippen LogP contribution is -2.16. The lowest BCUT2D eigenvalue weighted by molar-refractivity contribution is 0.859. The van der Waals surface area contributed by atoms with Crippen LogP contribution in [-0.2, 0) is 6.42 Å². The Morgan fingerprint density at radius 2 is 2.24 bits per heavy atom. The van der Waals surface area contributed by atoms with E-state index in [1.54, 1.807) is 0 Å². The number of hydrogen-bond acceptors (Lipinski definition) is 4. The van der Waals surface area contributed by atoms with Crippen molar-refractivity contribution < 1.29 is 0 Å². The van der Waals surface area contributed by atoms with Crippen LogP contribution in [0.4, 0.5) is 0 Å². The smallest absolute Gasteiger partial charge is 0.264 e. The minimum Gasteiger partial charge on any atom is -0.304 e. The van der Waals surface area contributed by atoms with Crippen LogP contribution in [0.5, 0.6) is 0 Å². The Hall–Kier alpha value is -0.760. The fourth-order valence-corrected chi connectivity index (χ4v) is 2.74. The maximum absolute atomic E-state index is 11.8. The molecule has 6 heteroatoms. The Morgan fingerprint density at radius 1 is 1.47 bits per heavy atom. The molecule has 4 nitrogen and oxygen atoms in total. The molecule has 2 heterocycles. The van der Waals surface area contributed by atoms with Crippen molar-refractivity contribution in [3.63, 3.8) is 0 Å². The first kappa shape index (κ1) is 12.7. The third kappa shape index (κ3) is 2.74. The number of nitrogens with one attached hydrogen (secondary N) is 1. The quantitative estimate of drug-likeness (QED) is 0.856. The topological polar surface area (TPSA) is 58.6 Å². The molecule has 1 N–H and O–H groups in total. The highest BCUT2D eigenvalue weighted by Crippen LogP contribution is 2.20. The molecule has 0 unspecified atom stereocenters. The van der Waals surface area contributed by atoms with Crippen LogP contribution in [0.1, 0.15) is 24.7 Å². The number of H-pyrrole nitrogens is 1. The zero-order chi connectivity index (χ0) is 12.4. The number of thiazole rings is 1. The van der Waals surface area contributed by atoms with Gasteiger partial charge in [-0.1, -0.05) is 13.3 Å². The van der Waals surface area contributed by atoms with Gasteiger partial charge in [-0.15, -0.1) is 11.3 Å². The summed E-state index contributed by atoms with van der Waals surface area (Å²) in [5.74, 6) is 0.581. The molecular formula is C11H12IN3OS. The van der Waals surface area contributed by atoms with Gasteiger partial charge in [-0.3, -0.25) is 4.79 Å². The number of rotatable bonds is 3. The van der Waals surface area contributed by atoms with Crippen molar-refractivity contribution in [1.82, 2.24) is 15.0 Å². The molecule has 17 heavy (non-hydrogen) atoms. The second-order valence-electron chi connectivity index (χ2n) is 3.72. The highest BCUT2D eigenvalue weighted by molar-refractivity contribution is 14.1. The van der Waals surface area contributed by atoms with E-state index in [0.29, 0.717) is 9.39 Å². The van der Waals surface area contributed by atoms with Gasteiger partial charge in [0, 0.05) is 11.1 Å². The van der Waals surface area contributed by atoms with Gasteiger partial charge in [0.2, 0.25) is 0 Å². The number of aromatic amines is 1.